The zero-order valence-electron chi connectivity index (χ0n) is 21.6. The molecule has 204 valence electrons. The van der Waals surface area contributed by atoms with Gasteiger partial charge in [0.05, 0.1) is 11.4 Å². The van der Waals surface area contributed by atoms with Crippen molar-refractivity contribution in [1.29, 1.82) is 0 Å². The van der Waals surface area contributed by atoms with Gasteiger partial charge in [-0.15, -0.1) is 0 Å². The number of hydrogen-bond acceptors (Lipinski definition) is 7. The Bertz CT molecular complexity index is 1390. The van der Waals surface area contributed by atoms with Crippen molar-refractivity contribution in [3.05, 3.63) is 84.2 Å². The summed E-state index contributed by atoms with van der Waals surface area (Å²) in [5.41, 5.74) is 6.95. The fourth-order valence-corrected chi connectivity index (χ4v) is 4.16. The monoisotopic (exact) mass is 535 g/mol. The summed E-state index contributed by atoms with van der Waals surface area (Å²) in [7, 11) is 0. The maximum Gasteiger partial charge on any atom is 0.412 e. The number of carbonyl (C=O) groups excluding carboxylic acids is 2. The maximum atomic E-state index is 14.2. The highest BCUT2D eigenvalue weighted by Crippen LogP contribution is 2.42. The van der Waals surface area contributed by atoms with E-state index in [1.807, 2.05) is 13.8 Å². The average Bonchev–Trinajstić information content (AvgIpc) is 3.36. The molecular formula is C29H30FN3O6. The molecule has 0 aliphatic carbocycles. The number of nitrogens with one attached hydrogen (secondary N) is 2. The van der Waals surface area contributed by atoms with Crippen molar-refractivity contribution in [3.8, 4) is 17.2 Å². The molecule has 3 aromatic carbocycles. The molecule has 1 atom stereocenters. The number of allylic oxidation sites excluding steroid dienone is 1. The molecule has 2 amide bonds. The standard InChI is InChI=1S/C29H30FN3O6/c1-29(2,14-6-5-9-26(35)33-22-8-4-3-7-21(22)31)27(18-10-12-23(34)20(30)15-18)39-28(36)32-19-11-13-24-25(16-19)38-17-37-24/h3-5,7-13,15-16,27,34H,6,14,17,31H2,1-2H3,(H,32,36)(H,33,35)/b9-5+/t27-/m1/s1. The molecule has 0 radical (unpaired) electrons. The van der Waals surface area contributed by atoms with Crippen molar-refractivity contribution in [1.82, 2.24) is 0 Å². The minimum absolute atomic E-state index is 0.0995. The quantitative estimate of drug-likeness (QED) is 0.191. The second kappa shape index (κ2) is 11.8. The topological polar surface area (TPSA) is 132 Å². The molecule has 1 heterocycles. The van der Waals surface area contributed by atoms with Gasteiger partial charge in [-0.2, -0.15) is 0 Å². The highest BCUT2D eigenvalue weighted by Gasteiger charge is 2.34. The van der Waals surface area contributed by atoms with Gasteiger partial charge >= 0.3 is 6.09 Å². The number of anilines is 3. The summed E-state index contributed by atoms with van der Waals surface area (Å²) in [5.74, 6) is -0.599. The van der Waals surface area contributed by atoms with Crippen LogP contribution in [0.5, 0.6) is 17.2 Å². The number of phenolic OH excluding ortho intramolecular Hbond substituents is 1. The van der Waals surface area contributed by atoms with Gasteiger partial charge in [-0.05, 0) is 60.9 Å². The first-order valence-corrected chi connectivity index (χ1v) is 12.3. The van der Waals surface area contributed by atoms with Crippen LogP contribution in [-0.4, -0.2) is 23.9 Å². The van der Waals surface area contributed by atoms with Crippen molar-refractivity contribution < 1.29 is 33.3 Å². The summed E-state index contributed by atoms with van der Waals surface area (Å²) < 4.78 is 30.7. The Balaban J connectivity index is 1.44. The third-order valence-electron chi connectivity index (χ3n) is 6.27. The molecule has 1 aliphatic heterocycles. The van der Waals surface area contributed by atoms with Gasteiger partial charge in [-0.3, -0.25) is 10.1 Å². The average molecular weight is 536 g/mol. The van der Waals surface area contributed by atoms with Crippen LogP contribution in [0.4, 0.5) is 26.2 Å². The molecule has 0 saturated heterocycles. The first kappa shape index (κ1) is 27.3. The first-order valence-electron chi connectivity index (χ1n) is 12.3. The number of para-hydroxylation sites is 2. The van der Waals surface area contributed by atoms with Crippen LogP contribution >= 0.6 is 0 Å². The summed E-state index contributed by atoms with van der Waals surface area (Å²) in [4.78, 5) is 25.2. The molecular weight excluding hydrogens is 505 g/mol. The number of aromatic hydroxyl groups is 1. The minimum Gasteiger partial charge on any atom is -0.505 e. The summed E-state index contributed by atoms with van der Waals surface area (Å²) in [6.07, 6.45) is 2.43. The number of hydrogen-bond donors (Lipinski definition) is 4. The Morgan fingerprint density at radius 2 is 1.87 bits per heavy atom. The zero-order valence-corrected chi connectivity index (χ0v) is 21.6. The van der Waals surface area contributed by atoms with Crippen LogP contribution in [0, 0.1) is 11.2 Å². The molecule has 39 heavy (non-hydrogen) atoms. The molecule has 0 bridgehead atoms. The number of carbonyl (C=O) groups is 2. The molecule has 3 aromatic rings. The fraction of sp³-hybridized carbons (Fsp3) is 0.241. The fourth-order valence-electron chi connectivity index (χ4n) is 4.16. The number of nitrogen functional groups attached to an aromatic ring is 1. The normalized spacial score (nSPS) is 13.2. The van der Waals surface area contributed by atoms with Crippen LogP contribution < -0.4 is 25.8 Å². The molecule has 10 heteroatoms. The number of ether oxygens (including phenoxy) is 3. The number of rotatable bonds is 9. The Kier molecular flexibility index (Phi) is 8.24. The molecule has 5 N–H and O–H groups in total. The summed E-state index contributed by atoms with van der Waals surface area (Å²) in [6.45, 7) is 3.84. The predicted octanol–water partition coefficient (Wildman–Crippen LogP) is 6.13. The van der Waals surface area contributed by atoms with E-state index in [1.165, 1.54) is 18.2 Å². The number of phenols is 1. The number of nitrogens with two attached hydrogens (primary N) is 1. The summed E-state index contributed by atoms with van der Waals surface area (Å²) >= 11 is 0. The van der Waals surface area contributed by atoms with Gasteiger partial charge in [0, 0.05) is 17.2 Å². The Hall–Kier alpha value is -4.73. The van der Waals surface area contributed by atoms with Gasteiger partial charge in [-0.25, -0.2) is 9.18 Å². The van der Waals surface area contributed by atoms with Crippen LogP contribution in [0.2, 0.25) is 0 Å². The van der Waals surface area contributed by atoms with Crippen molar-refractivity contribution in [3.63, 3.8) is 0 Å². The number of amides is 2. The van der Waals surface area contributed by atoms with Crippen molar-refractivity contribution in [2.24, 2.45) is 5.41 Å². The van der Waals surface area contributed by atoms with Crippen LogP contribution in [-0.2, 0) is 9.53 Å². The second-order valence-electron chi connectivity index (χ2n) is 9.70. The third kappa shape index (κ3) is 6.98. The van der Waals surface area contributed by atoms with Crippen LogP contribution in [0.1, 0.15) is 38.4 Å². The van der Waals surface area contributed by atoms with Gasteiger partial charge in [-0.1, -0.05) is 38.1 Å². The second-order valence-corrected chi connectivity index (χ2v) is 9.70. The highest BCUT2D eigenvalue weighted by molar-refractivity contribution is 6.01. The van der Waals surface area contributed by atoms with E-state index >= 15 is 0 Å². The summed E-state index contributed by atoms with van der Waals surface area (Å²) in [6, 6.07) is 15.7. The van der Waals surface area contributed by atoms with Gasteiger partial charge in [0.1, 0.15) is 6.10 Å². The van der Waals surface area contributed by atoms with Gasteiger partial charge in [0.25, 0.3) is 0 Å². The SMILES string of the molecule is CC(C)(CC/C=C/C(=O)Nc1ccccc1N)[C@H](OC(=O)Nc1ccc2c(c1)OCO2)c1ccc(O)c(F)c1. The molecule has 0 fully saturated rings. The van der Waals surface area contributed by atoms with E-state index in [2.05, 4.69) is 10.6 Å². The van der Waals surface area contributed by atoms with Crippen LogP contribution in [0.3, 0.4) is 0 Å². The lowest BCUT2D eigenvalue weighted by atomic mass is 9.78. The molecule has 0 spiro atoms. The van der Waals surface area contributed by atoms with E-state index in [9.17, 15) is 19.1 Å². The van der Waals surface area contributed by atoms with Gasteiger partial charge in [0.15, 0.2) is 23.1 Å². The molecule has 0 unspecified atom stereocenters. The molecule has 9 nitrogen and oxygen atoms in total. The largest absolute Gasteiger partial charge is 0.505 e. The van der Waals surface area contributed by atoms with Crippen LogP contribution in [0.15, 0.2) is 72.8 Å². The zero-order chi connectivity index (χ0) is 28.0. The molecule has 1 aliphatic rings. The summed E-state index contributed by atoms with van der Waals surface area (Å²) in [5, 5.41) is 15.0. The van der Waals surface area contributed by atoms with E-state index in [0.717, 1.165) is 6.07 Å². The van der Waals surface area contributed by atoms with Crippen molar-refractivity contribution in [2.75, 3.05) is 23.2 Å². The van der Waals surface area contributed by atoms with E-state index in [-0.39, 0.29) is 12.7 Å². The minimum atomic E-state index is -0.882. The Morgan fingerprint density at radius 1 is 1.10 bits per heavy atom. The third-order valence-corrected chi connectivity index (χ3v) is 6.27. The molecule has 0 saturated carbocycles. The molecule has 4 rings (SSSR count). The van der Waals surface area contributed by atoms with Crippen molar-refractivity contribution >= 4 is 29.1 Å². The van der Waals surface area contributed by atoms with E-state index in [0.29, 0.717) is 47.0 Å². The van der Waals surface area contributed by atoms with E-state index < -0.39 is 29.2 Å². The highest BCUT2D eigenvalue weighted by atomic mass is 19.1. The molecule has 0 aromatic heterocycles. The Morgan fingerprint density at radius 3 is 2.64 bits per heavy atom. The first-order chi connectivity index (χ1) is 18.6. The van der Waals surface area contributed by atoms with Gasteiger partial charge < -0.3 is 30.4 Å². The van der Waals surface area contributed by atoms with Crippen molar-refractivity contribution in [2.45, 2.75) is 32.8 Å². The number of halogens is 1. The Labute approximate surface area is 225 Å². The van der Waals surface area contributed by atoms with E-state index in [4.69, 9.17) is 19.9 Å². The predicted molar refractivity (Wildman–Crippen MR) is 145 cm³/mol. The van der Waals surface area contributed by atoms with E-state index in [1.54, 1.807) is 48.5 Å². The number of benzene rings is 3. The van der Waals surface area contributed by atoms with Crippen LogP contribution in [0.25, 0.3) is 0 Å². The lowest BCUT2D eigenvalue weighted by Crippen LogP contribution is -2.29. The van der Waals surface area contributed by atoms with Gasteiger partial charge in [0.2, 0.25) is 12.7 Å². The number of fused-ring (bicyclic) bond motifs is 1. The smallest absolute Gasteiger partial charge is 0.412 e. The lowest BCUT2D eigenvalue weighted by molar-refractivity contribution is -0.111. The lowest BCUT2D eigenvalue weighted by Gasteiger charge is -2.34. The maximum absolute atomic E-state index is 14.2.